The van der Waals surface area contributed by atoms with Crippen LogP contribution in [0.15, 0.2) is 30.3 Å². The highest BCUT2D eigenvalue weighted by Gasteiger charge is 2.17. The van der Waals surface area contributed by atoms with Crippen molar-refractivity contribution < 1.29 is 14.3 Å². The summed E-state index contributed by atoms with van der Waals surface area (Å²) < 4.78 is 4.67. The largest absolute Gasteiger partial charge is 0.469 e. The van der Waals surface area contributed by atoms with Crippen molar-refractivity contribution in [3.8, 4) is 0 Å². The molecule has 0 radical (unpaired) electrons. The molecule has 0 spiro atoms. The van der Waals surface area contributed by atoms with Gasteiger partial charge in [0.05, 0.1) is 13.5 Å². The third-order valence-electron chi connectivity index (χ3n) is 3.70. The Labute approximate surface area is 132 Å². The van der Waals surface area contributed by atoms with E-state index in [1.165, 1.54) is 7.11 Å². The van der Waals surface area contributed by atoms with E-state index < -0.39 is 0 Å². The molecule has 0 heterocycles. The number of likely N-dealkylation sites (N-methyl/N-ethyl adjacent to an activating group) is 1. The van der Waals surface area contributed by atoms with Crippen LogP contribution in [0.4, 0.5) is 0 Å². The molecule has 0 aliphatic carbocycles. The second-order valence-electron chi connectivity index (χ2n) is 5.01. The van der Waals surface area contributed by atoms with Crippen LogP contribution >= 0.6 is 0 Å². The fourth-order valence-electron chi connectivity index (χ4n) is 2.21. The first-order chi connectivity index (χ1) is 10.6. The van der Waals surface area contributed by atoms with Crippen LogP contribution in [0.5, 0.6) is 0 Å². The summed E-state index contributed by atoms with van der Waals surface area (Å²) in [4.78, 5) is 27.9. The third kappa shape index (κ3) is 5.85. The number of amides is 1. The van der Waals surface area contributed by atoms with Gasteiger partial charge in [0.1, 0.15) is 0 Å². The van der Waals surface area contributed by atoms with Crippen LogP contribution in [0.25, 0.3) is 0 Å². The lowest BCUT2D eigenvalue weighted by atomic mass is 10.2. The molecule has 0 saturated carbocycles. The second kappa shape index (κ2) is 9.95. The summed E-state index contributed by atoms with van der Waals surface area (Å²) in [6, 6.07) is 9.16. The fourth-order valence-corrected chi connectivity index (χ4v) is 2.21. The number of methoxy groups -OCH3 is 1. The summed E-state index contributed by atoms with van der Waals surface area (Å²) in [5.74, 6) is -0.342. The lowest BCUT2D eigenvalue weighted by Gasteiger charge is -2.26. The zero-order valence-corrected chi connectivity index (χ0v) is 13.7. The Kier molecular flexibility index (Phi) is 8.22. The van der Waals surface area contributed by atoms with Crippen molar-refractivity contribution in [2.75, 3.05) is 39.8 Å². The van der Waals surface area contributed by atoms with Crippen LogP contribution in [0.2, 0.25) is 0 Å². The Hall–Kier alpha value is -1.88. The average Bonchev–Trinajstić information content (AvgIpc) is 2.58. The van der Waals surface area contributed by atoms with Gasteiger partial charge in [-0.3, -0.25) is 9.59 Å². The van der Waals surface area contributed by atoms with Crippen molar-refractivity contribution in [2.45, 2.75) is 20.3 Å². The number of benzene rings is 1. The molecule has 0 N–H and O–H groups in total. The fraction of sp³-hybridized carbons (Fsp3) is 0.529. The highest BCUT2D eigenvalue weighted by Crippen LogP contribution is 2.06. The van der Waals surface area contributed by atoms with Gasteiger partial charge in [-0.2, -0.15) is 0 Å². The standard InChI is InChI=1S/C17H26N2O3/c1-4-18(5-2)13-14-19(12-11-16(20)22-3)17(21)15-9-7-6-8-10-15/h6-10H,4-5,11-14H2,1-3H3. The predicted molar refractivity (Wildman–Crippen MR) is 86.8 cm³/mol. The molecule has 1 rings (SSSR count). The van der Waals surface area contributed by atoms with Gasteiger partial charge < -0.3 is 14.5 Å². The van der Waals surface area contributed by atoms with Crippen molar-refractivity contribution >= 4 is 11.9 Å². The molecule has 122 valence electrons. The van der Waals surface area contributed by atoms with Crippen LogP contribution in [-0.4, -0.2) is 61.5 Å². The maximum Gasteiger partial charge on any atom is 0.307 e. The maximum absolute atomic E-state index is 12.6. The summed E-state index contributed by atoms with van der Waals surface area (Å²) in [5.41, 5.74) is 0.645. The zero-order valence-electron chi connectivity index (χ0n) is 13.7. The van der Waals surface area contributed by atoms with Crippen LogP contribution in [0.3, 0.4) is 0 Å². The predicted octanol–water partition coefficient (Wildman–Crippen LogP) is 2.03. The number of carbonyl (C=O) groups excluding carboxylic acids is 2. The minimum Gasteiger partial charge on any atom is -0.469 e. The summed E-state index contributed by atoms with van der Waals surface area (Å²) in [6.45, 7) is 7.87. The van der Waals surface area contributed by atoms with Gasteiger partial charge >= 0.3 is 5.97 Å². The van der Waals surface area contributed by atoms with E-state index >= 15 is 0 Å². The minimum absolute atomic E-state index is 0.0448. The topological polar surface area (TPSA) is 49.9 Å². The lowest BCUT2D eigenvalue weighted by molar-refractivity contribution is -0.140. The van der Waals surface area contributed by atoms with E-state index in [4.69, 9.17) is 0 Å². The molecule has 0 bridgehead atoms. The highest BCUT2D eigenvalue weighted by molar-refractivity contribution is 5.94. The highest BCUT2D eigenvalue weighted by atomic mass is 16.5. The summed E-state index contributed by atoms with van der Waals surface area (Å²) in [5, 5.41) is 0. The SMILES string of the molecule is CCN(CC)CCN(CCC(=O)OC)C(=O)c1ccccc1. The monoisotopic (exact) mass is 306 g/mol. The van der Waals surface area contributed by atoms with Gasteiger partial charge in [0.2, 0.25) is 0 Å². The Morgan fingerprint density at radius 1 is 1.00 bits per heavy atom. The molecule has 0 aromatic heterocycles. The van der Waals surface area contributed by atoms with E-state index in [0.717, 1.165) is 19.6 Å². The first kappa shape index (κ1) is 18.2. The Morgan fingerprint density at radius 3 is 2.18 bits per heavy atom. The Balaban J connectivity index is 2.72. The van der Waals surface area contributed by atoms with E-state index in [1.54, 1.807) is 17.0 Å². The van der Waals surface area contributed by atoms with Crippen molar-refractivity contribution in [1.29, 1.82) is 0 Å². The summed E-state index contributed by atoms with van der Waals surface area (Å²) in [6.07, 6.45) is 0.216. The molecule has 0 aliphatic heterocycles. The van der Waals surface area contributed by atoms with Gasteiger partial charge in [0.15, 0.2) is 0 Å². The van der Waals surface area contributed by atoms with E-state index in [9.17, 15) is 9.59 Å². The van der Waals surface area contributed by atoms with E-state index in [1.807, 2.05) is 18.2 Å². The molecule has 5 heteroatoms. The van der Waals surface area contributed by atoms with Gasteiger partial charge in [0.25, 0.3) is 5.91 Å². The summed E-state index contributed by atoms with van der Waals surface area (Å²) in [7, 11) is 1.36. The molecule has 1 aromatic carbocycles. The third-order valence-corrected chi connectivity index (χ3v) is 3.70. The van der Waals surface area contributed by atoms with E-state index in [2.05, 4.69) is 23.5 Å². The van der Waals surface area contributed by atoms with Gasteiger partial charge in [-0.15, -0.1) is 0 Å². The van der Waals surface area contributed by atoms with Crippen LogP contribution < -0.4 is 0 Å². The first-order valence-electron chi connectivity index (χ1n) is 7.75. The molecule has 22 heavy (non-hydrogen) atoms. The smallest absolute Gasteiger partial charge is 0.307 e. The van der Waals surface area contributed by atoms with Crippen LogP contribution in [0.1, 0.15) is 30.6 Å². The molecule has 1 aromatic rings. The zero-order chi connectivity index (χ0) is 16.4. The van der Waals surface area contributed by atoms with Gasteiger partial charge in [0, 0.05) is 25.2 Å². The van der Waals surface area contributed by atoms with Crippen molar-refractivity contribution in [3.05, 3.63) is 35.9 Å². The molecule has 5 nitrogen and oxygen atoms in total. The second-order valence-corrected chi connectivity index (χ2v) is 5.01. The Morgan fingerprint density at radius 2 is 1.64 bits per heavy atom. The van der Waals surface area contributed by atoms with E-state index in [-0.39, 0.29) is 18.3 Å². The molecule has 0 saturated heterocycles. The minimum atomic E-state index is -0.297. The van der Waals surface area contributed by atoms with Gasteiger partial charge in [-0.05, 0) is 25.2 Å². The normalized spacial score (nSPS) is 10.5. The number of carbonyl (C=O) groups is 2. The first-order valence-corrected chi connectivity index (χ1v) is 7.75. The number of rotatable bonds is 9. The molecule has 0 aliphatic rings. The maximum atomic E-state index is 12.6. The van der Waals surface area contributed by atoms with Crippen LogP contribution in [-0.2, 0) is 9.53 Å². The number of hydrogen-bond donors (Lipinski definition) is 0. The van der Waals surface area contributed by atoms with Gasteiger partial charge in [-0.1, -0.05) is 32.0 Å². The molecular weight excluding hydrogens is 280 g/mol. The number of hydrogen-bond acceptors (Lipinski definition) is 4. The lowest BCUT2D eigenvalue weighted by Crippen LogP contribution is -2.39. The van der Waals surface area contributed by atoms with Crippen molar-refractivity contribution in [1.82, 2.24) is 9.80 Å². The summed E-state index contributed by atoms with van der Waals surface area (Å²) >= 11 is 0. The van der Waals surface area contributed by atoms with Crippen LogP contribution in [0, 0.1) is 0 Å². The van der Waals surface area contributed by atoms with Crippen molar-refractivity contribution in [3.63, 3.8) is 0 Å². The molecule has 0 unspecified atom stereocenters. The quantitative estimate of drug-likeness (QED) is 0.655. The number of ether oxygens (including phenoxy) is 1. The molecule has 1 amide bonds. The number of esters is 1. The molecular formula is C17H26N2O3. The molecule has 0 fully saturated rings. The number of nitrogens with zero attached hydrogens (tertiary/aromatic N) is 2. The Bertz CT molecular complexity index is 458. The average molecular weight is 306 g/mol. The molecule has 0 atom stereocenters. The van der Waals surface area contributed by atoms with Crippen molar-refractivity contribution in [2.24, 2.45) is 0 Å². The van der Waals surface area contributed by atoms with Gasteiger partial charge in [-0.25, -0.2) is 0 Å². The van der Waals surface area contributed by atoms with E-state index in [0.29, 0.717) is 18.7 Å².